The second kappa shape index (κ2) is 10.4. The molecule has 0 spiro atoms. The molecule has 3 N–H and O–H groups in total. The Bertz CT molecular complexity index is 744. The van der Waals surface area contributed by atoms with Gasteiger partial charge in [-0.15, -0.1) is 0 Å². The lowest BCUT2D eigenvalue weighted by atomic mass is 10.2. The zero-order valence-corrected chi connectivity index (χ0v) is 17.1. The van der Waals surface area contributed by atoms with E-state index in [2.05, 4.69) is 31.9 Å². The molecule has 1 saturated heterocycles. The van der Waals surface area contributed by atoms with Gasteiger partial charge in [-0.2, -0.15) is 5.10 Å². The number of anilines is 1. The monoisotopic (exact) mass is 386 g/mol. The molecule has 0 bridgehead atoms. The normalized spacial score (nSPS) is 15.2. The molecule has 0 unspecified atom stereocenters. The van der Waals surface area contributed by atoms with Crippen LogP contribution in [0, 0.1) is 0 Å². The first-order valence-electron chi connectivity index (χ1n) is 9.18. The number of aliphatic imine (C=N–C) groups is 2. The summed E-state index contributed by atoms with van der Waals surface area (Å²) in [6.07, 6.45) is 1.69. The lowest BCUT2D eigenvalue weighted by molar-refractivity contribution is 0.0670. The molecule has 0 amide bonds. The predicted molar refractivity (Wildman–Crippen MR) is 114 cm³/mol. The Morgan fingerprint density at radius 1 is 1.32 bits per heavy atom. The highest BCUT2D eigenvalue weighted by Gasteiger charge is 2.17. The Morgan fingerprint density at radius 2 is 2.04 bits per heavy atom. The van der Waals surface area contributed by atoms with Crippen molar-refractivity contribution < 1.29 is 4.74 Å². The van der Waals surface area contributed by atoms with Gasteiger partial charge in [-0.1, -0.05) is 6.58 Å². The predicted octanol–water partition coefficient (Wildman–Crippen LogP) is 1.51. The molecule has 28 heavy (non-hydrogen) atoms. The van der Waals surface area contributed by atoms with Crippen molar-refractivity contribution in [2.24, 2.45) is 15.1 Å². The number of hydrazone groups is 1. The Kier molecular flexibility index (Phi) is 7.94. The summed E-state index contributed by atoms with van der Waals surface area (Å²) < 4.78 is 5.43. The number of allylic oxidation sites excluding steroid dienone is 1. The summed E-state index contributed by atoms with van der Waals surface area (Å²) in [5.74, 6) is 1.82. The highest BCUT2D eigenvalue weighted by atomic mass is 16.5. The first-order valence-corrected chi connectivity index (χ1v) is 9.18. The number of ether oxygens (including phenoxy) is 1. The van der Waals surface area contributed by atoms with Gasteiger partial charge in [-0.3, -0.25) is 4.99 Å². The largest absolute Gasteiger partial charge is 0.384 e. The fraction of sp³-hybridized carbons (Fsp3) is 0.474. The molecule has 152 valence electrons. The molecule has 1 aliphatic heterocycles. The van der Waals surface area contributed by atoms with E-state index in [1.54, 1.807) is 24.3 Å². The SMILES string of the molecule is C=C(C)N(C/N=C(\NC(=NC)N1CCOCC1)c1ccc(N)nc1)N=C(C)C. The minimum absolute atomic E-state index is 0.313. The summed E-state index contributed by atoms with van der Waals surface area (Å²) >= 11 is 0. The zero-order valence-electron chi connectivity index (χ0n) is 17.1. The number of nitrogens with two attached hydrogens (primary N) is 1. The number of nitrogens with zero attached hydrogens (tertiary/aromatic N) is 6. The maximum absolute atomic E-state index is 5.73. The number of amidine groups is 1. The number of rotatable bonds is 5. The van der Waals surface area contributed by atoms with Crippen LogP contribution in [-0.2, 0) is 4.74 Å². The van der Waals surface area contributed by atoms with Gasteiger partial charge in [0.05, 0.1) is 13.2 Å². The van der Waals surface area contributed by atoms with Gasteiger partial charge < -0.3 is 20.7 Å². The number of morpholine rings is 1. The van der Waals surface area contributed by atoms with Crippen LogP contribution in [0.2, 0.25) is 0 Å². The molecular formula is C19H30N8O. The van der Waals surface area contributed by atoms with E-state index in [0.717, 1.165) is 36.0 Å². The van der Waals surface area contributed by atoms with Gasteiger partial charge in [0, 0.05) is 43.3 Å². The second-order valence-electron chi connectivity index (χ2n) is 6.57. The van der Waals surface area contributed by atoms with Crippen molar-refractivity contribution in [1.29, 1.82) is 0 Å². The van der Waals surface area contributed by atoms with E-state index in [-0.39, 0.29) is 0 Å². The van der Waals surface area contributed by atoms with Crippen molar-refractivity contribution in [1.82, 2.24) is 20.2 Å². The van der Waals surface area contributed by atoms with Crippen molar-refractivity contribution in [2.75, 3.05) is 45.8 Å². The minimum atomic E-state index is 0.313. The van der Waals surface area contributed by atoms with Gasteiger partial charge in [0.15, 0.2) is 5.96 Å². The molecule has 2 heterocycles. The molecule has 1 aromatic heterocycles. The summed E-state index contributed by atoms with van der Waals surface area (Å²) in [6.45, 7) is 12.9. The maximum atomic E-state index is 5.73. The fourth-order valence-electron chi connectivity index (χ4n) is 2.52. The van der Waals surface area contributed by atoms with E-state index in [1.807, 2.05) is 26.8 Å². The van der Waals surface area contributed by atoms with Crippen LogP contribution >= 0.6 is 0 Å². The van der Waals surface area contributed by atoms with Gasteiger partial charge in [-0.05, 0) is 32.9 Å². The topological polar surface area (TPSA) is 104 Å². The van der Waals surface area contributed by atoms with Crippen molar-refractivity contribution in [3.63, 3.8) is 0 Å². The highest BCUT2D eigenvalue weighted by Crippen LogP contribution is 2.07. The Hall–Kier alpha value is -2.94. The zero-order chi connectivity index (χ0) is 20.5. The van der Waals surface area contributed by atoms with E-state index < -0.39 is 0 Å². The van der Waals surface area contributed by atoms with Crippen LogP contribution in [0.25, 0.3) is 0 Å². The smallest absolute Gasteiger partial charge is 0.199 e. The van der Waals surface area contributed by atoms with E-state index in [0.29, 0.717) is 31.5 Å². The fourth-order valence-corrected chi connectivity index (χ4v) is 2.52. The van der Waals surface area contributed by atoms with Gasteiger partial charge in [0.2, 0.25) is 0 Å². The van der Waals surface area contributed by atoms with Gasteiger partial charge >= 0.3 is 0 Å². The number of hydrogen-bond acceptors (Lipinski definition) is 7. The Balaban J connectivity index is 2.29. The molecule has 2 rings (SSSR count). The number of aromatic nitrogens is 1. The van der Waals surface area contributed by atoms with E-state index in [4.69, 9.17) is 15.5 Å². The molecule has 0 aliphatic carbocycles. The van der Waals surface area contributed by atoms with Gasteiger partial charge in [-0.25, -0.2) is 15.0 Å². The third kappa shape index (κ3) is 6.34. The average molecular weight is 387 g/mol. The van der Waals surface area contributed by atoms with Crippen LogP contribution in [0.4, 0.5) is 5.82 Å². The van der Waals surface area contributed by atoms with E-state index >= 15 is 0 Å². The van der Waals surface area contributed by atoms with Crippen LogP contribution < -0.4 is 11.1 Å². The van der Waals surface area contributed by atoms with Gasteiger partial charge in [0.1, 0.15) is 18.3 Å². The van der Waals surface area contributed by atoms with Crippen molar-refractivity contribution in [3.8, 4) is 0 Å². The molecule has 0 atom stereocenters. The first kappa shape index (κ1) is 21.4. The number of guanidine groups is 1. The molecule has 0 saturated carbocycles. The van der Waals surface area contributed by atoms with Crippen molar-refractivity contribution in [3.05, 3.63) is 36.2 Å². The molecule has 1 aliphatic rings. The second-order valence-corrected chi connectivity index (χ2v) is 6.57. The third-order valence-electron chi connectivity index (χ3n) is 3.94. The molecule has 0 aromatic carbocycles. The molecular weight excluding hydrogens is 356 g/mol. The van der Waals surface area contributed by atoms with E-state index in [9.17, 15) is 0 Å². The van der Waals surface area contributed by atoms with Crippen molar-refractivity contribution >= 4 is 23.3 Å². The maximum Gasteiger partial charge on any atom is 0.199 e. The van der Waals surface area contributed by atoms with Crippen molar-refractivity contribution in [2.45, 2.75) is 20.8 Å². The van der Waals surface area contributed by atoms with Crippen LogP contribution in [0.5, 0.6) is 0 Å². The quantitative estimate of drug-likeness (QED) is 0.452. The molecule has 1 aromatic rings. The third-order valence-corrected chi connectivity index (χ3v) is 3.94. The summed E-state index contributed by atoms with van der Waals surface area (Å²) in [7, 11) is 1.75. The Morgan fingerprint density at radius 3 is 2.57 bits per heavy atom. The Labute approximate surface area is 166 Å². The molecule has 9 nitrogen and oxygen atoms in total. The van der Waals surface area contributed by atoms with Crippen LogP contribution in [0.1, 0.15) is 26.3 Å². The molecule has 0 radical (unpaired) electrons. The number of pyridine rings is 1. The molecule has 1 fully saturated rings. The summed E-state index contributed by atoms with van der Waals surface area (Å²) in [4.78, 5) is 15.4. The summed E-state index contributed by atoms with van der Waals surface area (Å²) in [5.41, 5.74) is 8.27. The summed E-state index contributed by atoms with van der Waals surface area (Å²) in [6, 6.07) is 3.62. The molecule has 9 heteroatoms. The van der Waals surface area contributed by atoms with Crippen LogP contribution in [-0.4, -0.2) is 72.4 Å². The van der Waals surface area contributed by atoms with E-state index in [1.165, 1.54) is 0 Å². The lowest BCUT2D eigenvalue weighted by Gasteiger charge is -2.30. The van der Waals surface area contributed by atoms with Crippen LogP contribution in [0.3, 0.4) is 0 Å². The standard InChI is InChI=1S/C19H30N8O/c1-14(2)25-27(15(3)4)13-23-18(16-6-7-17(20)22-12-16)24-19(21-5)26-8-10-28-11-9-26/h6-7,12H,3,8-11,13H2,1-2,4-5H3,(H2,20,22)(H,21,23,24). The summed E-state index contributed by atoms with van der Waals surface area (Å²) in [5, 5.41) is 9.56. The minimum Gasteiger partial charge on any atom is -0.384 e. The average Bonchev–Trinajstić information content (AvgIpc) is 2.68. The first-order chi connectivity index (χ1) is 13.4. The highest BCUT2D eigenvalue weighted by molar-refractivity contribution is 6.08. The number of nitrogen functional groups attached to an aromatic ring is 1. The number of hydrogen-bond donors (Lipinski definition) is 2. The lowest BCUT2D eigenvalue weighted by Crippen LogP contribution is -2.49. The van der Waals surface area contributed by atoms with Gasteiger partial charge in [0.25, 0.3) is 0 Å². The van der Waals surface area contributed by atoms with Crippen LogP contribution in [0.15, 0.2) is 45.7 Å². The number of nitrogens with one attached hydrogen (secondary N) is 1.